The first-order chi connectivity index (χ1) is 10.7. The minimum atomic E-state index is -0.00144. The second-order valence-corrected chi connectivity index (χ2v) is 6.24. The summed E-state index contributed by atoms with van der Waals surface area (Å²) in [4.78, 5) is 20.7. The number of carbonyl (C=O) groups excluding carboxylic acids is 1. The largest absolute Gasteiger partial charge is 0.345 e. The number of nitrogens with zero attached hydrogens (tertiary/aromatic N) is 5. The molecule has 1 saturated heterocycles. The highest BCUT2D eigenvalue weighted by Crippen LogP contribution is 2.18. The number of rotatable bonds is 4. The van der Waals surface area contributed by atoms with Gasteiger partial charge in [-0.05, 0) is 13.0 Å². The normalized spacial score (nSPS) is 16.6. The third-order valence-electron chi connectivity index (χ3n) is 3.65. The van der Waals surface area contributed by atoms with E-state index in [1.165, 1.54) is 0 Å². The Labute approximate surface area is 133 Å². The zero-order chi connectivity index (χ0) is 15.4. The molecule has 1 fully saturated rings. The zero-order valence-corrected chi connectivity index (χ0v) is 13.4. The van der Waals surface area contributed by atoms with Crippen LogP contribution in [0.2, 0.25) is 0 Å². The van der Waals surface area contributed by atoms with Crippen LogP contribution in [-0.2, 0) is 6.54 Å². The van der Waals surface area contributed by atoms with Gasteiger partial charge in [-0.15, -0.1) is 11.3 Å². The zero-order valence-electron chi connectivity index (χ0n) is 12.6. The lowest BCUT2D eigenvalue weighted by Crippen LogP contribution is -2.53. The van der Waals surface area contributed by atoms with E-state index >= 15 is 0 Å². The number of piperazine rings is 1. The van der Waals surface area contributed by atoms with Crippen LogP contribution in [0.15, 0.2) is 30.0 Å². The first-order valence-electron chi connectivity index (χ1n) is 7.39. The van der Waals surface area contributed by atoms with Gasteiger partial charge < -0.3 is 15.1 Å². The molecule has 7 nitrogen and oxygen atoms in total. The Bertz CT molecular complexity index is 577. The van der Waals surface area contributed by atoms with E-state index in [9.17, 15) is 4.79 Å². The Morgan fingerprint density at radius 1 is 1.36 bits per heavy atom. The van der Waals surface area contributed by atoms with Crippen molar-refractivity contribution < 1.29 is 4.79 Å². The minimum Gasteiger partial charge on any atom is -0.345 e. The summed E-state index contributed by atoms with van der Waals surface area (Å²) in [5.41, 5.74) is 0. The molecule has 8 heteroatoms. The fourth-order valence-corrected chi connectivity index (χ4v) is 3.21. The fourth-order valence-electron chi connectivity index (χ4n) is 2.51. The van der Waals surface area contributed by atoms with Gasteiger partial charge in [-0.2, -0.15) is 5.10 Å². The van der Waals surface area contributed by atoms with Crippen LogP contribution in [-0.4, -0.2) is 57.9 Å². The summed E-state index contributed by atoms with van der Waals surface area (Å²) in [6.45, 7) is 5.77. The summed E-state index contributed by atoms with van der Waals surface area (Å²) in [5.74, 6) is 0. The molecule has 0 saturated carbocycles. The average molecular weight is 320 g/mol. The Kier molecular flexibility index (Phi) is 4.57. The molecule has 0 bridgehead atoms. The standard InChI is InChI=1S/C14H20N6OS/c1-12(11-20-5-2-3-16-20)17-13(21)18-6-8-19(9-7-18)14-15-4-10-22-14/h2-5,10,12H,6-9,11H2,1H3,(H,17,21)/t12-/m1/s1. The number of amides is 2. The molecule has 3 heterocycles. The number of carbonyl (C=O) groups is 1. The molecule has 0 aromatic carbocycles. The van der Waals surface area contributed by atoms with Crippen molar-refractivity contribution in [1.82, 2.24) is 25.0 Å². The smallest absolute Gasteiger partial charge is 0.317 e. The highest BCUT2D eigenvalue weighted by atomic mass is 32.1. The summed E-state index contributed by atoms with van der Waals surface area (Å²) in [5, 5.41) is 10.2. The second-order valence-electron chi connectivity index (χ2n) is 5.37. The van der Waals surface area contributed by atoms with E-state index in [-0.39, 0.29) is 12.1 Å². The van der Waals surface area contributed by atoms with Gasteiger partial charge in [-0.1, -0.05) is 0 Å². The van der Waals surface area contributed by atoms with E-state index in [4.69, 9.17) is 0 Å². The van der Waals surface area contributed by atoms with Crippen molar-refractivity contribution in [1.29, 1.82) is 0 Å². The molecular weight excluding hydrogens is 300 g/mol. The monoisotopic (exact) mass is 320 g/mol. The molecule has 0 aliphatic carbocycles. The summed E-state index contributed by atoms with van der Waals surface area (Å²) >= 11 is 1.64. The summed E-state index contributed by atoms with van der Waals surface area (Å²) < 4.78 is 1.82. The molecule has 0 spiro atoms. The maximum atomic E-state index is 12.3. The quantitative estimate of drug-likeness (QED) is 0.921. The minimum absolute atomic E-state index is 0.00144. The molecule has 2 aromatic rings. The van der Waals surface area contributed by atoms with E-state index in [0.29, 0.717) is 6.54 Å². The van der Waals surface area contributed by atoms with Gasteiger partial charge in [-0.25, -0.2) is 9.78 Å². The molecular formula is C14H20N6OS. The van der Waals surface area contributed by atoms with Crippen molar-refractivity contribution in [3.63, 3.8) is 0 Å². The first-order valence-corrected chi connectivity index (χ1v) is 8.27. The number of urea groups is 1. The lowest BCUT2D eigenvalue weighted by molar-refractivity contribution is 0.189. The maximum Gasteiger partial charge on any atom is 0.317 e. The average Bonchev–Trinajstić information content (AvgIpc) is 3.20. The predicted octanol–water partition coefficient (Wildman–Crippen LogP) is 1.26. The van der Waals surface area contributed by atoms with Gasteiger partial charge in [0, 0.05) is 56.2 Å². The molecule has 1 aliphatic rings. The van der Waals surface area contributed by atoms with Crippen molar-refractivity contribution in [3.8, 4) is 0 Å². The van der Waals surface area contributed by atoms with Gasteiger partial charge in [0.2, 0.25) is 0 Å². The molecule has 2 amide bonds. The fraction of sp³-hybridized carbons (Fsp3) is 0.500. The van der Waals surface area contributed by atoms with E-state index in [2.05, 4.69) is 20.3 Å². The molecule has 1 N–H and O–H groups in total. The van der Waals surface area contributed by atoms with E-state index in [0.717, 1.165) is 31.3 Å². The summed E-state index contributed by atoms with van der Waals surface area (Å²) in [6.07, 6.45) is 5.46. The van der Waals surface area contributed by atoms with E-state index in [1.54, 1.807) is 17.5 Å². The molecule has 3 rings (SSSR count). The van der Waals surface area contributed by atoms with Crippen molar-refractivity contribution in [2.24, 2.45) is 0 Å². The van der Waals surface area contributed by atoms with Gasteiger partial charge in [0.25, 0.3) is 0 Å². The van der Waals surface area contributed by atoms with Crippen molar-refractivity contribution in [2.45, 2.75) is 19.5 Å². The molecule has 2 aromatic heterocycles. The number of hydrogen-bond acceptors (Lipinski definition) is 5. The number of nitrogens with one attached hydrogen (secondary N) is 1. The van der Waals surface area contributed by atoms with Gasteiger partial charge >= 0.3 is 6.03 Å². The van der Waals surface area contributed by atoms with Crippen LogP contribution in [0.1, 0.15) is 6.92 Å². The Balaban J connectivity index is 1.45. The van der Waals surface area contributed by atoms with Crippen LogP contribution in [0.25, 0.3) is 0 Å². The summed E-state index contributed by atoms with van der Waals surface area (Å²) in [6, 6.07) is 1.93. The first kappa shape index (κ1) is 14.8. The van der Waals surface area contributed by atoms with Gasteiger partial charge in [0.15, 0.2) is 5.13 Å². The number of thiazole rings is 1. The Morgan fingerprint density at radius 2 is 2.18 bits per heavy atom. The molecule has 22 heavy (non-hydrogen) atoms. The van der Waals surface area contributed by atoms with Crippen LogP contribution in [0.5, 0.6) is 0 Å². The third kappa shape index (κ3) is 3.56. The van der Waals surface area contributed by atoms with Gasteiger partial charge in [0.1, 0.15) is 0 Å². The maximum absolute atomic E-state index is 12.3. The van der Waals surface area contributed by atoms with Crippen LogP contribution in [0, 0.1) is 0 Å². The lowest BCUT2D eigenvalue weighted by atomic mass is 10.3. The van der Waals surface area contributed by atoms with Gasteiger partial charge in [0.05, 0.1) is 6.54 Å². The Morgan fingerprint density at radius 3 is 2.82 bits per heavy atom. The van der Waals surface area contributed by atoms with Crippen molar-refractivity contribution in [3.05, 3.63) is 30.0 Å². The van der Waals surface area contributed by atoms with Crippen LogP contribution in [0.3, 0.4) is 0 Å². The predicted molar refractivity (Wildman–Crippen MR) is 86.1 cm³/mol. The number of hydrogen-bond donors (Lipinski definition) is 1. The Hall–Kier alpha value is -2.09. The molecule has 118 valence electrons. The summed E-state index contributed by atoms with van der Waals surface area (Å²) in [7, 11) is 0. The van der Waals surface area contributed by atoms with Crippen LogP contribution < -0.4 is 10.2 Å². The second kappa shape index (κ2) is 6.78. The van der Waals surface area contributed by atoms with E-state index in [1.807, 2.05) is 40.3 Å². The highest BCUT2D eigenvalue weighted by molar-refractivity contribution is 7.13. The highest BCUT2D eigenvalue weighted by Gasteiger charge is 2.23. The third-order valence-corrected chi connectivity index (χ3v) is 4.48. The molecule has 1 atom stereocenters. The number of aromatic nitrogens is 3. The van der Waals surface area contributed by atoms with Gasteiger partial charge in [-0.3, -0.25) is 4.68 Å². The topological polar surface area (TPSA) is 66.3 Å². The molecule has 0 radical (unpaired) electrons. The molecule has 1 aliphatic heterocycles. The lowest BCUT2D eigenvalue weighted by Gasteiger charge is -2.35. The van der Waals surface area contributed by atoms with Crippen LogP contribution >= 0.6 is 11.3 Å². The van der Waals surface area contributed by atoms with Crippen molar-refractivity contribution in [2.75, 3.05) is 31.1 Å². The molecule has 0 unspecified atom stereocenters. The van der Waals surface area contributed by atoms with Crippen molar-refractivity contribution >= 4 is 22.5 Å². The van der Waals surface area contributed by atoms with Crippen LogP contribution in [0.4, 0.5) is 9.93 Å². The number of anilines is 1. The van der Waals surface area contributed by atoms with E-state index < -0.39 is 0 Å². The SMILES string of the molecule is C[C@H](Cn1cccn1)NC(=O)N1CCN(c2nccs2)CC1.